The van der Waals surface area contributed by atoms with Crippen LogP contribution in [-0.4, -0.2) is 50.4 Å². The number of benzene rings is 1. The average Bonchev–Trinajstić information content (AvgIpc) is 2.50. The first kappa shape index (κ1) is 21.2. The predicted molar refractivity (Wildman–Crippen MR) is 98.0 cm³/mol. The quantitative estimate of drug-likeness (QED) is 0.507. The highest BCUT2D eigenvalue weighted by atomic mass is 35.5. The normalized spacial score (nSPS) is 12.8. The summed E-state index contributed by atoms with van der Waals surface area (Å²) in [6.45, 7) is 4.06. The topological polar surface area (TPSA) is 91.7 Å². The fraction of sp³-hybridized carbons (Fsp3) is 0.438. The molecule has 1 aromatic rings. The Morgan fingerprint density at radius 3 is 2.36 bits per heavy atom. The van der Waals surface area contributed by atoms with Crippen LogP contribution in [-0.2, 0) is 14.4 Å². The molecule has 0 radical (unpaired) electrons. The lowest BCUT2D eigenvalue weighted by Gasteiger charge is -2.16. The van der Waals surface area contributed by atoms with E-state index in [-0.39, 0.29) is 30.8 Å². The Hall–Kier alpha value is -1.83. The maximum atomic E-state index is 12.0. The van der Waals surface area contributed by atoms with E-state index in [0.717, 1.165) is 0 Å². The highest BCUT2D eigenvalue weighted by Crippen LogP contribution is 2.24. The van der Waals surface area contributed by atoms with Gasteiger partial charge >= 0.3 is 0 Å². The van der Waals surface area contributed by atoms with Crippen LogP contribution in [0.3, 0.4) is 0 Å². The van der Waals surface area contributed by atoms with E-state index < -0.39 is 6.04 Å². The third-order valence-corrected chi connectivity index (χ3v) is 3.99. The second-order valence-corrected chi connectivity index (χ2v) is 6.49. The van der Waals surface area contributed by atoms with Crippen molar-refractivity contribution in [2.45, 2.75) is 19.9 Å². The van der Waals surface area contributed by atoms with Gasteiger partial charge in [0.05, 0.1) is 17.1 Å². The van der Waals surface area contributed by atoms with Gasteiger partial charge in [0, 0.05) is 12.2 Å². The first-order valence-corrected chi connectivity index (χ1v) is 8.61. The lowest BCUT2D eigenvalue weighted by atomic mass is 10.3. The molecule has 2 atom stereocenters. The number of hydrogen-bond donors (Lipinski definition) is 4. The van der Waals surface area contributed by atoms with Crippen molar-refractivity contribution in [3.63, 3.8) is 0 Å². The summed E-state index contributed by atoms with van der Waals surface area (Å²) < 4.78 is 0. The van der Waals surface area contributed by atoms with Crippen LogP contribution in [0.2, 0.25) is 10.0 Å². The van der Waals surface area contributed by atoms with E-state index in [1.165, 1.54) is 0 Å². The van der Waals surface area contributed by atoms with Crippen molar-refractivity contribution in [3.8, 4) is 0 Å². The molecule has 0 aliphatic rings. The van der Waals surface area contributed by atoms with Gasteiger partial charge in [-0.1, -0.05) is 23.2 Å². The molecule has 0 fully saturated rings. The van der Waals surface area contributed by atoms with E-state index in [9.17, 15) is 14.4 Å². The van der Waals surface area contributed by atoms with E-state index in [2.05, 4.69) is 16.0 Å². The summed E-state index contributed by atoms with van der Waals surface area (Å²) in [4.78, 5) is 36.2. The van der Waals surface area contributed by atoms with Gasteiger partial charge in [-0.25, -0.2) is 0 Å². The molecule has 1 unspecified atom stereocenters. The first-order valence-electron chi connectivity index (χ1n) is 7.86. The number of quaternary nitrogens is 1. The number of nitrogens with one attached hydrogen (secondary N) is 4. The van der Waals surface area contributed by atoms with Gasteiger partial charge in [-0.05, 0) is 32.0 Å². The van der Waals surface area contributed by atoms with Gasteiger partial charge in [0.1, 0.15) is 6.04 Å². The predicted octanol–water partition coefficient (Wildman–Crippen LogP) is 0.0874. The standard InChI is InChI=1S/C16H22Cl2N4O3/c1-4-19-16(25)10(2)20-14(23)8-22(3)9-15(24)21-11-5-6-12(17)13(18)7-11/h5-7,10H,4,8-9H2,1-3H3,(H,19,25)(H,20,23)(H,21,24)/p+1/t10-/m0/s1. The summed E-state index contributed by atoms with van der Waals surface area (Å²) in [5.74, 6) is -0.815. The molecule has 3 amide bonds. The summed E-state index contributed by atoms with van der Waals surface area (Å²) in [6.07, 6.45) is 0. The third-order valence-electron chi connectivity index (χ3n) is 3.25. The van der Waals surface area contributed by atoms with Crippen molar-refractivity contribution < 1.29 is 19.3 Å². The minimum absolute atomic E-state index is 0.0680. The molecule has 0 saturated heterocycles. The van der Waals surface area contributed by atoms with E-state index in [0.29, 0.717) is 27.2 Å². The molecule has 0 aliphatic heterocycles. The van der Waals surface area contributed by atoms with Crippen LogP contribution in [0.5, 0.6) is 0 Å². The van der Waals surface area contributed by atoms with Crippen LogP contribution in [0.4, 0.5) is 5.69 Å². The Morgan fingerprint density at radius 1 is 1.12 bits per heavy atom. The smallest absolute Gasteiger partial charge is 0.279 e. The zero-order valence-corrected chi connectivity index (χ0v) is 15.9. The van der Waals surface area contributed by atoms with Crippen LogP contribution in [0.15, 0.2) is 18.2 Å². The van der Waals surface area contributed by atoms with E-state index >= 15 is 0 Å². The molecule has 7 nitrogen and oxygen atoms in total. The number of hydrogen-bond acceptors (Lipinski definition) is 3. The Bertz CT molecular complexity index is 640. The number of carbonyl (C=O) groups excluding carboxylic acids is 3. The SMILES string of the molecule is CCNC(=O)[C@H](C)NC(=O)C[NH+](C)CC(=O)Nc1ccc(Cl)c(Cl)c1. The second kappa shape index (κ2) is 10.2. The van der Waals surface area contributed by atoms with Crippen molar-refractivity contribution in [3.05, 3.63) is 28.2 Å². The van der Waals surface area contributed by atoms with E-state index in [1.54, 1.807) is 39.1 Å². The highest BCUT2D eigenvalue weighted by molar-refractivity contribution is 6.42. The molecule has 0 bridgehead atoms. The maximum absolute atomic E-state index is 12.0. The molecular formula is C16H23Cl2N4O3+. The van der Waals surface area contributed by atoms with Crippen LogP contribution in [0, 0.1) is 0 Å². The van der Waals surface area contributed by atoms with Gasteiger partial charge in [-0.2, -0.15) is 0 Å². The Kier molecular flexibility index (Phi) is 8.68. The molecule has 0 saturated carbocycles. The number of carbonyl (C=O) groups is 3. The molecule has 0 spiro atoms. The first-order chi connectivity index (χ1) is 11.7. The Balaban J connectivity index is 2.43. The summed E-state index contributed by atoms with van der Waals surface area (Å²) in [5, 5.41) is 8.66. The van der Waals surface area contributed by atoms with Crippen LogP contribution < -0.4 is 20.9 Å². The zero-order valence-electron chi connectivity index (χ0n) is 14.4. The van der Waals surface area contributed by atoms with Crippen LogP contribution in [0.25, 0.3) is 0 Å². The molecule has 1 aromatic carbocycles. The number of likely N-dealkylation sites (N-methyl/N-ethyl adjacent to an activating group) is 2. The van der Waals surface area contributed by atoms with Gasteiger partial charge in [0.2, 0.25) is 5.91 Å². The highest BCUT2D eigenvalue weighted by Gasteiger charge is 2.19. The van der Waals surface area contributed by atoms with E-state index in [1.807, 2.05) is 0 Å². The fourth-order valence-corrected chi connectivity index (χ4v) is 2.37. The molecule has 0 aromatic heterocycles. The van der Waals surface area contributed by atoms with Crippen LogP contribution in [0.1, 0.15) is 13.8 Å². The minimum Gasteiger partial charge on any atom is -0.355 e. The monoisotopic (exact) mass is 389 g/mol. The van der Waals surface area contributed by atoms with Gasteiger partial charge in [-0.15, -0.1) is 0 Å². The molecule has 4 N–H and O–H groups in total. The third kappa shape index (κ3) is 7.72. The van der Waals surface area contributed by atoms with Gasteiger partial charge in [0.15, 0.2) is 13.1 Å². The fourth-order valence-electron chi connectivity index (χ4n) is 2.08. The molecule has 0 heterocycles. The Morgan fingerprint density at radius 2 is 1.76 bits per heavy atom. The van der Waals surface area contributed by atoms with Crippen molar-refractivity contribution in [2.24, 2.45) is 0 Å². The van der Waals surface area contributed by atoms with Crippen molar-refractivity contribution in [1.29, 1.82) is 0 Å². The molecule has 25 heavy (non-hydrogen) atoms. The number of rotatable bonds is 8. The van der Waals surface area contributed by atoms with Gasteiger partial charge in [-0.3, -0.25) is 14.4 Å². The number of anilines is 1. The lowest BCUT2D eigenvalue weighted by molar-refractivity contribution is -0.862. The molecule has 1 rings (SSSR count). The molecule has 138 valence electrons. The van der Waals surface area contributed by atoms with Crippen molar-refractivity contribution in [1.82, 2.24) is 10.6 Å². The summed E-state index contributed by atoms with van der Waals surface area (Å²) in [6, 6.07) is 4.16. The largest absolute Gasteiger partial charge is 0.355 e. The second-order valence-electron chi connectivity index (χ2n) is 5.67. The lowest BCUT2D eigenvalue weighted by Crippen LogP contribution is -3.11. The summed E-state index contributed by atoms with van der Waals surface area (Å²) in [7, 11) is 1.71. The minimum atomic E-state index is -0.620. The molecule has 9 heteroatoms. The maximum Gasteiger partial charge on any atom is 0.279 e. The van der Waals surface area contributed by atoms with Crippen molar-refractivity contribution >= 4 is 46.6 Å². The number of halogens is 2. The van der Waals surface area contributed by atoms with E-state index in [4.69, 9.17) is 23.2 Å². The van der Waals surface area contributed by atoms with Crippen LogP contribution >= 0.6 is 23.2 Å². The summed E-state index contributed by atoms with van der Waals surface area (Å²) in [5.41, 5.74) is 0.529. The van der Waals surface area contributed by atoms with Gasteiger partial charge in [0.25, 0.3) is 11.8 Å². The zero-order chi connectivity index (χ0) is 19.0. The van der Waals surface area contributed by atoms with Gasteiger partial charge < -0.3 is 20.9 Å². The summed E-state index contributed by atoms with van der Waals surface area (Å²) >= 11 is 11.7. The Labute approximate surface area is 157 Å². The van der Waals surface area contributed by atoms with Crippen molar-refractivity contribution in [2.75, 3.05) is 32.0 Å². The molecule has 0 aliphatic carbocycles. The average molecular weight is 390 g/mol. The molecular weight excluding hydrogens is 367 g/mol. The number of amides is 3.